The first-order valence-corrected chi connectivity index (χ1v) is 13.0. The summed E-state index contributed by atoms with van der Waals surface area (Å²) in [7, 11) is 1.20. The number of esters is 1. The van der Waals surface area contributed by atoms with Crippen molar-refractivity contribution in [3.05, 3.63) is 82.9 Å². The fraction of sp³-hybridized carbons (Fsp3) is 0.467. The molecule has 0 saturated heterocycles. The molecule has 1 amide bonds. The smallest absolute Gasteiger partial charge is 0.416 e. The molecule has 1 aliphatic carbocycles. The molecular formula is C30H33F6NO5. The van der Waals surface area contributed by atoms with Crippen molar-refractivity contribution in [2.45, 2.75) is 75.5 Å². The molecule has 6 nitrogen and oxygen atoms in total. The summed E-state index contributed by atoms with van der Waals surface area (Å²) in [4.78, 5) is 24.6. The maximum atomic E-state index is 13.4. The molecule has 0 aliphatic heterocycles. The van der Waals surface area contributed by atoms with Crippen molar-refractivity contribution in [3.8, 4) is 0 Å². The van der Waals surface area contributed by atoms with Crippen molar-refractivity contribution < 1.29 is 50.1 Å². The summed E-state index contributed by atoms with van der Waals surface area (Å²) in [6.07, 6.45) is -8.86. The Morgan fingerprint density at radius 3 is 1.98 bits per heavy atom. The molecule has 1 aliphatic rings. The van der Waals surface area contributed by atoms with E-state index >= 15 is 0 Å². The van der Waals surface area contributed by atoms with Gasteiger partial charge in [-0.25, -0.2) is 9.59 Å². The van der Waals surface area contributed by atoms with Gasteiger partial charge < -0.3 is 19.5 Å². The number of benzene rings is 2. The monoisotopic (exact) mass is 601 g/mol. The fourth-order valence-electron chi connectivity index (χ4n) is 4.98. The normalized spacial score (nSPS) is 21.9. The largest absolute Gasteiger partial charge is 0.466 e. The summed E-state index contributed by atoms with van der Waals surface area (Å²) in [6, 6.07) is 10.3. The minimum Gasteiger partial charge on any atom is -0.466 e. The van der Waals surface area contributed by atoms with Crippen molar-refractivity contribution >= 4 is 12.1 Å². The van der Waals surface area contributed by atoms with Crippen LogP contribution in [0.25, 0.3) is 0 Å². The van der Waals surface area contributed by atoms with E-state index in [1.807, 2.05) is 12.1 Å². The van der Waals surface area contributed by atoms with Gasteiger partial charge in [0.25, 0.3) is 0 Å². The van der Waals surface area contributed by atoms with Crippen molar-refractivity contribution in [1.29, 1.82) is 0 Å². The highest BCUT2D eigenvalue weighted by Crippen LogP contribution is 2.52. The molecule has 3 rings (SSSR count). The van der Waals surface area contributed by atoms with Gasteiger partial charge >= 0.3 is 24.4 Å². The van der Waals surface area contributed by atoms with E-state index in [-0.39, 0.29) is 31.1 Å². The average Bonchev–Trinajstić information content (AvgIpc) is 2.86. The van der Waals surface area contributed by atoms with Gasteiger partial charge in [0.15, 0.2) is 0 Å². The fourth-order valence-corrected chi connectivity index (χ4v) is 4.98. The summed E-state index contributed by atoms with van der Waals surface area (Å²) in [5.41, 5.74) is -5.10. The second kappa shape index (κ2) is 12.0. The minimum absolute atomic E-state index is 0.0674. The van der Waals surface area contributed by atoms with Crippen LogP contribution in [-0.2, 0) is 36.8 Å². The predicted octanol–water partition coefficient (Wildman–Crippen LogP) is 7.53. The third-order valence-electron chi connectivity index (χ3n) is 6.87. The quantitative estimate of drug-likeness (QED) is 0.192. The first-order valence-electron chi connectivity index (χ1n) is 13.0. The number of hydrogen-bond donors (Lipinski definition) is 1. The van der Waals surface area contributed by atoms with E-state index in [9.17, 15) is 35.9 Å². The molecule has 0 spiro atoms. The van der Waals surface area contributed by atoms with E-state index in [0.29, 0.717) is 12.1 Å². The number of hydrogen-bond acceptors (Lipinski definition) is 5. The lowest BCUT2D eigenvalue weighted by Crippen LogP contribution is -2.64. The first-order chi connectivity index (χ1) is 19.3. The summed E-state index contributed by atoms with van der Waals surface area (Å²) >= 11 is 0. The zero-order valence-corrected chi connectivity index (χ0v) is 23.8. The van der Waals surface area contributed by atoms with Crippen LogP contribution in [0, 0.1) is 0 Å². The van der Waals surface area contributed by atoms with Crippen molar-refractivity contribution in [3.63, 3.8) is 0 Å². The Hall–Kier alpha value is -3.54. The molecule has 42 heavy (non-hydrogen) atoms. The number of amides is 1. The SMILES string of the molecule is COC(=O)C=CC1(NC(=O)OC(C)(C)C)CC(CO[C@H](C)c2cc(C(F)(F)F)cc(C(F)(F)F)c2)(c2ccccc2)C1. The number of nitrogens with one attached hydrogen (secondary N) is 1. The molecular weight excluding hydrogens is 568 g/mol. The maximum absolute atomic E-state index is 13.4. The predicted molar refractivity (Wildman–Crippen MR) is 141 cm³/mol. The van der Waals surface area contributed by atoms with Crippen LogP contribution in [0.2, 0.25) is 0 Å². The van der Waals surface area contributed by atoms with Crippen LogP contribution in [0.1, 0.15) is 68.9 Å². The average molecular weight is 602 g/mol. The second-order valence-corrected chi connectivity index (χ2v) is 11.4. The van der Waals surface area contributed by atoms with Crippen LogP contribution in [0.5, 0.6) is 0 Å². The number of halogens is 6. The van der Waals surface area contributed by atoms with Crippen LogP contribution >= 0.6 is 0 Å². The molecule has 0 bridgehead atoms. The summed E-state index contributed by atoms with van der Waals surface area (Å²) in [6.45, 7) is 6.32. The van der Waals surface area contributed by atoms with Crippen LogP contribution in [0.4, 0.5) is 31.1 Å². The molecule has 0 unspecified atom stereocenters. The first kappa shape index (κ1) is 33.0. The van der Waals surface area contributed by atoms with Gasteiger partial charge in [0.2, 0.25) is 0 Å². The lowest BCUT2D eigenvalue weighted by molar-refractivity contribution is -0.143. The zero-order valence-electron chi connectivity index (χ0n) is 23.8. The third-order valence-corrected chi connectivity index (χ3v) is 6.87. The van der Waals surface area contributed by atoms with Gasteiger partial charge in [0.1, 0.15) is 5.60 Å². The Balaban J connectivity index is 1.93. The molecule has 0 heterocycles. The Labute approximate surface area is 240 Å². The van der Waals surface area contributed by atoms with Gasteiger partial charge in [-0.2, -0.15) is 26.3 Å². The van der Waals surface area contributed by atoms with E-state index in [1.54, 1.807) is 39.0 Å². The van der Waals surface area contributed by atoms with Crippen molar-refractivity contribution in [2.75, 3.05) is 13.7 Å². The van der Waals surface area contributed by atoms with Gasteiger partial charge in [-0.05, 0) is 69.9 Å². The summed E-state index contributed by atoms with van der Waals surface area (Å²) in [5, 5.41) is 2.80. The lowest BCUT2D eigenvalue weighted by atomic mass is 9.54. The topological polar surface area (TPSA) is 73.9 Å². The molecule has 0 radical (unpaired) electrons. The van der Waals surface area contributed by atoms with E-state index in [0.717, 1.165) is 11.6 Å². The van der Waals surface area contributed by atoms with Gasteiger partial charge in [0.05, 0.1) is 36.5 Å². The number of alkyl carbamates (subject to hydrolysis) is 1. The molecule has 1 N–H and O–H groups in total. The van der Waals surface area contributed by atoms with Crippen LogP contribution in [0.3, 0.4) is 0 Å². The lowest BCUT2D eigenvalue weighted by Gasteiger charge is -2.55. The minimum atomic E-state index is -4.99. The molecule has 2 aromatic rings. The molecule has 1 atom stereocenters. The summed E-state index contributed by atoms with van der Waals surface area (Å²) in [5.74, 6) is -0.660. The highest BCUT2D eigenvalue weighted by Gasteiger charge is 2.56. The Kier molecular flexibility index (Phi) is 9.41. The van der Waals surface area contributed by atoms with Gasteiger partial charge in [-0.1, -0.05) is 36.4 Å². The van der Waals surface area contributed by atoms with Crippen molar-refractivity contribution in [2.24, 2.45) is 0 Å². The van der Waals surface area contributed by atoms with Gasteiger partial charge in [0, 0.05) is 11.5 Å². The van der Waals surface area contributed by atoms with E-state index in [2.05, 4.69) is 10.1 Å². The second-order valence-electron chi connectivity index (χ2n) is 11.4. The highest BCUT2D eigenvalue weighted by molar-refractivity contribution is 5.82. The third kappa shape index (κ3) is 8.27. The number of alkyl halides is 6. The van der Waals surface area contributed by atoms with E-state index in [4.69, 9.17) is 9.47 Å². The summed E-state index contributed by atoms with van der Waals surface area (Å²) < 4.78 is 96.5. The standard InChI is InChI=1S/C30H33F6NO5/c1-19(20-13-22(29(31,32)33)15-23(14-20)30(34,35)36)41-18-27(21-9-7-6-8-10-21)16-28(17-27,12-11-24(38)40-5)37-25(39)42-26(2,3)4/h6-15,19H,16-18H2,1-5H3,(H,37,39)/t19-,27?,28?/m1/s1. The van der Waals surface area contributed by atoms with Crippen LogP contribution in [-0.4, -0.2) is 36.9 Å². The van der Waals surface area contributed by atoms with E-state index in [1.165, 1.54) is 20.1 Å². The zero-order chi connectivity index (χ0) is 31.6. The Bertz CT molecular complexity index is 1260. The van der Waals surface area contributed by atoms with Gasteiger partial charge in [-0.15, -0.1) is 0 Å². The molecule has 2 aromatic carbocycles. The van der Waals surface area contributed by atoms with E-state index < -0.39 is 58.2 Å². The number of rotatable bonds is 8. The molecule has 1 saturated carbocycles. The number of carbonyl (C=O) groups excluding carboxylic acids is 2. The number of methoxy groups -OCH3 is 1. The van der Waals surface area contributed by atoms with Crippen LogP contribution in [0.15, 0.2) is 60.7 Å². The molecule has 230 valence electrons. The molecule has 0 aromatic heterocycles. The molecule has 12 heteroatoms. The van der Waals surface area contributed by atoms with Crippen LogP contribution < -0.4 is 5.32 Å². The van der Waals surface area contributed by atoms with Crippen molar-refractivity contribution in [1.82, 2.24) is 5.32 Å². The Morgan fingerprint density at radius 1 is 0.952 bits per heavy atom. The van der Waals surface area contributed by atoms with Gasteiger partial charge in [-0.3, -0.25) is 0 Å². The maximum Gasteiger partial charge on any atom is 0.416 e. The number of ether oxygens (including phenoxy) is 3. The Morgan fingerprint density at radius 2 is 1.50 bits per heavy atom. The number of carbonyl (C=O) groups is 2. The molecule has 1 fully saturated rings. The highest BCUT2D eigenvalue weighted by atomic mass is 19.4.